The Morgan fingerprint density at radius 2 is 1.78 bits per heavy atom. The van der Waals surface area contributed by atoms with Crippen molar-refractivity contribution in [2.24, 2.45) is 0 Å². The van der Waals surface area contributed by atoms with Crippen molar-refractivity contribution in [1.29, 1.82) is 0 Å². The second-order valence-corrected chi connectivity index (χ2v) is 4.83. The lowest BCUT2D eigenvalue weighted by atomic mass is 10.0. The lowest BCUT2D eigenvalue weighted by molar-refractivity contribution is 0.415. The summed E-state index contributed by atoms with van der Waals surface area (Å²) in [5.74, 6) is -1.19. The summed E-state index contributed by atoms with van der Waals surface area (Å²) in [4.78, 5) is 0. The Kier molecular flexibility index (Phi) is 3.70. The lowest BCUT2D eigenvalue weighted by Gasteiger charge is -2.10. The molecule has 18 heavy (non-hydrogen) atoms. The van der Waals surface area contributed by atoms with Crippen LogP contribution in [0.3, 0.4) is 0 Å². The minimum Gasteiger partial charge on any atom is -0.497 e. The van der Waals surface area contributed by atoms with E-state index < -0.39 is 11.6 Å². The van der Waals surface area contributed by atoms with Crippen molar-refractivity contribution < 1.29 is 13.5 Å². The van der Waals surface area contributed by atoms with Crippen LogP contribution >= 0.6 is 22.6 Å². The van der Waals surface area contributed by atoms with E-state index >= 15 is 0 Å². The summed E-state index contributed by atoms with van der Waals surface area (Å²) in [6.45, 7) is 0. The van der Waals surface area contributed by atoms with Crippen LogP contribution in [0.2, 0.25) is 0 Å². The largest absolute Gasteiger partial charge is 0.497 e. The molecule has 0 saturated heterocycles. The maximum atomic E-state index is 13.8. The minimum absolute atomic E-state index is 0.0852. The fourth-order valence-electron chi connectivity index (χ4n) is 1.65. The molecule has 0 spiro atoms. The first kappa shape index (κ1) is 13.1. The Morgan fingerprint density at radius 3 is 2.33 bits per heavy atom. The summed E-state index contributed by atoms with van der Waals surface area (Å²) in [6, 6.07) is 7.71. The first-order valence-corrected chi connectivity index (χ1v) is 6.20. The van der Waals surface area contributed by atoms with Gasteiger partial charge in [0, 0.05) is 9.13 Å². The van der Waals surface area contributed by atoms with Crippen LogP contribution in [0.15, 0.2) is 30.3 Å². The summed E-state index contributed by atoms with van der Waals surface area (Å²) >= 11 is 1.88. The summed E-state index contributed by atoms with van der Waals surface area (Å²) in [6.07, 6.45) is 0. The van der Waals surface area contributed by atoms with Gasteiger partial charge >= 0.3 is 0 Å². The maximum Gasteiger partial charge on any atom is 0.168 e. The molecule has 2 nitrogen and oxygen atoms in total. The minimum atomic E-state index is -0.932. The molecule has 0 radical (unpaired) electrons. The molecule has 0 aliphatic rings. The maximum absolute atomic E-state index is 13.8. The summed E-state index contributed by atoms with van der Waals surface area (Å²) in [5.41, 5.74) is 6.65. The van der Waals surface area contributed by atoms with Gasteiger partial charge in [0.1, 0.15) is 5.75 Å². The van der Waals surface area contributed by atoms with Gasteiger partial charge < -0.3 is 10.5 Å². The van der Waals surface area contributed by atoms with Crippen LogP contribution in [-0.2, 0) is 0 Å². The van der Waals surface area contributed by atoms with Gasteiger partial charge in [-0.05, 0) is 46.4 Å². The van der Waals surface area contributed by atoms with E-state index in [9.17, 15) is 8.78 Å². The molecular formula is C13H10F2INO. The Morgan fingerprint density at radius 1 is 1.17 bits per heavy atom. The first-order valence-electron chi connectivity index (χ1n) is 5.12. The van der Waals surface area contributed by atoms with Gasteiger partial charge in [-0.2, -0.15) is 0 Å². The molecule has 2 rings (SSSR count). The molecule has 2 aromatic rings. The molecule has 2 aromatic carbocycles. The van der Waals surface area contributed by atoms with Crippen LogP contribution in [0.1, 0.15) is 0 Å². The summed E-state index contributed by atoms with van der Waals surface area (Å²) < 4.78 is 32.7. The van der Waals surface area contributed by atoms with Crippen molar-refractivity contribution in [2.75, 3.05) is 12.8 Å². The predicted octanol–water partition coefficient (Wildman–Crippen LogP) is 3.83. The molecule has 2 N–H and O–H groups in total. The number of hydrogen-bond donors (Lipinski definition) is 1. The zero-order valence-electron chi connectivity index (χ0n) is 9.51. The average Bonchev–Trinajstić information content (AvgIpc) is 2.37. The second-order valence-electron chi connectivity index (χ2n) is 3.67. The van der Waals surface area contributed by atoms with Gasteiger partial charge in [-0.25, -0.2) is 8.78 Å². The van der Waals surface area contributed by atoms with Crippen molar-refractivity contribution in [2.45, 2.75) is 0 Å². The van der Waals surface area contributed by atoms with Gasteiger partial charge in [-0.1, -0.05) is 12.1 Å². The third-order valence-electron chi connectivity index (χ3n) is 2.59. The number of anilines is 1. The highest BCUT2D eigenvalue weighted by atomic mass is 127. The second kappa shape index (κ2) is 5.09. The number of nitrogens with two attached hydrogens (primary N) is 1. The van der Waals surface area contributed by atoms with Gasteiger partial charge in [-0.15, -0.1) is 0 Å². The third-order valence-corrected chi connectivity index (χ3v) is 3.48. The number of hydrogen-bond acceptors (Lipinski definition) is 2. The standard InChI is InChI=1S/C13H10F2INO/c1-18-8-4-2-7(3-5-8)11-12(15)9(14)6-10(16)13(11)17/h2-6H,17H2,1H3. The average molecular weight is 361 g/mol. The van der Waals surface area contributed by atoms with E-state index in [1.54, 1.807) is 24.3 Å². The molecule has 0 fully saturated rings. The molecule has 0 aliphatic carbocycles. The van der Waals surface area contributed by atoms with Crippen molar-refractivity contribution in [1.82, 2.24) is 0 Å². The van der Waals surface area contributed by atoms with Gasteiger partial charge in [0.25, 0.3) is 0 Å². The normalized spacial score (nSPS) is 10.4. The Hall–Kier alpha value is -1.37. The highest BCUT2D eigenvalue weighted by molar-refractivity contribution is 14.1. The topological polar surface area (TPSA) is 35.2 Å². The van der Waals surface area contributed by atoms with E-state index in [4.69, 9.17) is 10.5 Å². The summed E-state index contributed by atoms with van der Waals surface area (Å²) in [5, 5.41) is 0. The van der Waals surface area contributed by atoms with Crippen LogP contribution in [0.25, 0.3) is 11.1 Å². The van der Waals surface area contributed by atoms with E-state index in [0.29, 0.717) is 14.9 Å². The Balaban J connectivity index is 2.62. The Labute approximate surface area is 117 Å². The number of benzene rings is 2. The SMILES string of the molecule is COc1ccc(-c2c(N)c(I)cc(F)c2F)cc1. The van der Waals surface area contributed by atoms with E-state index in [0.717, 1.165) is 6.07 Å². The smallest absolute Gasteiger partial charge is 0.168 e. The fourth-order valence-corrected chi connectivity index (χ4v) is 2.19. The molecule has 0 saturated carbocycles. The number of nitrogen functional groups attached to an aromatic ring is 1. The quantitative estimate of drug-likeness (QED) is 0.501. The van der Waals surface area contributed by atoms with Crippen LogP contribution in [0, 0.1) is 15.2 Å². The summed E-state index contributed by atoms with van der Waals surface area (Å²) in [7, 11) is 1.54. The van der Waals surface area contributed by atoms with E-state index in [2.05, 4.69) is 0 Å². The zero-order chi connectivity index (χ0) is 13.3. The van der Waals surface area contributed by atoms with Gasteiger partial charge in [0.15, 0.2) is 11.6 Å². The van der Waals surface area contributed by atoms with Gasteiger partial charge in [-0.3, -0.25) is 0 Å². The van der Waals surface area contributed by atoms with Crippen LogP contribution < -0.4 is 10.5 Å². The highest BCUT2D eigenvalue weighted by Crippen LogP contribution is 2.34. The molecule has 0 aromatic heterocycles. The number of methoxy groups -OCH3 is 1. The molecule has 94 valence electrons. The van der Waals surface area contributed by atoms with Crippen LogP contribution in [-0.4, -0.2) is 7.11 Å². The van der Waals surface area contributed by atoms with Crippen LogP contribution in [0.4, 0.5) is 14.5 Å². The molecular weight excluding hydrogens is 351 g/mol. The molecule has 0 atom stereocenters. The van der Waals surface area contributed by atoms with Crippen molar-refractivity contribution in [3.63, 3.8) is 0 Å². The molecule has 0 heterocycles. The number of halogens is 3. The predicted molar refractivity (Wildman–Crippen MR) is 75.5 cm³/mol. The molecule has 0 aliphatic heterocycles. The highest BCUT2D eigenvalue weighted by Gasteiger charge is 2.16. The van der Waals surface area contributed by atoms with Crippen molar-refractivity contribution in [3.8, 4) is 16.9 Å². The van der Waals surface area contributed by atoms with E-state index in [-0.39, 0.29) is 11.3 Å². The number of ether oxygens (including phenoxy) is 1. The van der Waals surface area contributed by atoms with Crippen molar-refractivity contribution in [3.05, 3.63) is 45.5 Å². The first-order chi connectivity index (χ1) is 8.54. The van der Waals surface area contributed by atoms with Gasteiger partial charge in [0.05, 0.1) is 12.8 Å². The zero-order valence-corrected chi connectivity index (χ0v) is 11.7. The van der Waals surface area contributed by atoms with E-state index in [1.165, 1.54) is 7.11 Å². The number of rotatable bonds is 2. The Bertz CT molecular complexity index is 558. The fraction of sp³-hybridized carbons (Fsp3) is 0.0769. The van der Waals surface area contributed by atoms with Crippen molar-refractivity contribution >= 4 is 28.3 Å². The lowest BCUT2D eigenvalue weighted by Crippen LogP contribution is -2.00. The van der Waals surface area contributed by atoms with E-state index in [1.807, 2.05) is 22.6 Å². The van der Waals surface area contributed by atoms with Gasteiger partial charge in [0.2, 0.25) is 0 Å². The molecule has 0 bridgehead atoms. The molecule has 5 heteroatoms. The molecule has 0 unspecified atom stereocenters. The third kappa shape index (κ3) is 2.27. The van der Waals surface area contributed by atoms with Crippen LogP contribution in [0.5, 0.6) is 5.75 Å². The molecule has 0 amide bonds. The monoisotopic (exact) mass is 361 g/mol.